The first-order valence-corrected chi connectivity index (χ1v) is 11.3. The average Bonchev–Trinajstić information content (AvgIpc) is 3.15. The largest absolute Gasteiger partial charge is 0.442 e. The molecule has 0 spiro atoms. The molecule has 0 unspecified atom stereocenters. The molecule has 0 saturated carbocycles. The number of nitro benzene ring substituents is 1. The molecule has 0 N–H and O–H groups in total. The maximum absolute atomic E-state index is 12.8. The average molecular weight is 491 g/mol. The number of hydrogen-bond donors (Lipinski definition) is 0. The minimum absolute atomic E-state index is 0.0134. The molecule has 4 aromatic rings. The summed E-state index contributed by atoms with van der Waals surface area (Å²) in [5.41, 5.74) is 0.642. The smallest absolute Gasteiger partial charge is 0.341 e. The molecule has 1 aromatic heterocycles. The minimum atomic E-state index is -0.798. The quantitative estimate of drug-likeness (QED) is 0.0936. The van der Waals surface area contributed by atoms with E-state index in [1.165, 1.54) is 35.2 Å². The van der Waals surface area contributed by atoms with Crippen LogP contribution in [0.5, 0.6) is 0 Å². The third-order valence-corrected chi connectivity index (χ3v) is 7.12. The van der Waals surface area contributed by atoms with Gasteiger partial charge in [0, 0.05) is 22.7 Å². The first kappa shape index (κ1) is 21.6. The van der Waals surface area contributed by atoms with Gasteiger partial charge in [-0.1, -0.05) is 53.5 Å². The van der Waals surface area contributed by atoms with Crippen LogP contribution >= 0.6 is 46.3 Å². The van der Waals surface area contributed by atoms with Gasteiger partial charge >= 0.3 is 5.97 Å². The highest BCUT2D eigenvalue weighted by Gasteiger charge is 2.24. The molecule has 156 valence electrons. The number of carbonyl (C=O) groups is 1. The van der Waals surface area contributed by atoms with Gasteiger partial charge in [-0.15, -0.1) is 11.3 Å². The van der Waals surface area contributed by atoms with Gasteiger partial charge in [-0.25, -0.2) is 9.78 Å². The predicted octanol–water partition coefficient (Wildman–Crippen LogP) is 7.16. The standard InChI is InChI=1S/C21H12Cl2N2O4S2/c22-15-7-3-1-5-13(15)19(26)29-20(14-6-2-4-8-16(14)23)31-21-24-17-10-9-12(25(27)28)11-18(17)30-21/h1-11,20H/t20-/m1/s1. The normalized spacial score (nSPS) is 11.9. The van der Waals surface area contributed by atoms with Crippen molar-refractivity contribution >= 4 is 68.2 Å². The van der Waals surface area contributed by atoms with Crippen LogP contribution in [0.1, 0.15) is 21.4 Å². The maximum atomic E-state index is 12.8. The predicted molar refractivity (Wildman–Crippen MR) is 123 cm³/mol. The van der Waals surface area contributed by atoms with Crippen LogP contribution in [0.25, 0.3) is 10.2 Å². The van der Waals surface area contributed by atoms with E-state index < -0.39 is 16.3 Å². The number of ether oxygens (including phenoxy) is 1. The molecule has 0 aliphatic carbocycles. The second-order valence-corrected chi connectivity index (χ2v) is 9.40. The van der Waals surface area contributed by atoms with Gasteiger partial charge in [0.05, 0.1) is 25.7 Å². The maximum Gasteiger partial charge on any atom is 0.341 e. The van der Waals surface area contributed by atoms with Crippen molar-refractivity contribution in [2.75, 3.05) is 0 Å². The van der Waals surface area contributed by atoms with E-state index >= 15 is 0 Å². The first-order chi connectivity index (χ1) is 14.9. The minimum Gasteiger partial charge on any atom is -0.442 e. The van der Waals surface area contributed by atoms with Crippen LogP contribution < -0.4 is 0 Å². The van der Waals surface area contributed by atoms with Gasteiger partial charge in [-0.2, -0.15) is 0 Å². The van der Waals surface area contributed by atoms with Gasteiger partial charge in [0.2, 0.25) is 0 Å². The van der Waals surface area contributed by atoms with E-state index in [0.29, 0.717) is 25.1 Å². The lowest BCUT2D eigenvalue weighted by atomic mass is 10.2. The lowest BCUT2D eigenvalue weighted by Gasteiger charge is -2.18. The van der Waals surface area contributed by atoms with Crippen molar-refractivity contribution in [2.45, 2.75) is 9.78 Å². The number of nitro groups is 1. The molecular weight excluding hydrogens is 479 g/mol. The summed E-state index contributed by atoms with van der Waals surface area (Å²) in [4.78, 5) is 27.9. The fourth-order valence-electron chi connectivity index (χ4n) is 2.75. The Morgan fingerprint density at radius 2 is 1.77 bits per heavy atom. The zero-order valence-corrected chi connectivity index (χ0v) is 18.7. The number of nitrogens with zero attached hydrogens (tertiary/aromatic N) is 2. The Labute approximate surface area is 194 Å². The molecule has 6 nitrogen and oxygen atoms in total. The molecular formula is C21H12Cl2N2O4S2. The van der Waals surface area contributed by atoms with Gasteiger partial charge in [0.15, 0.2) is 9.78 Å². The molecule has 0 aliphatic rings. The zero-order chi connectivity index (χ0) is 22.0. The number of non-ortho nitro benzene ring substituents is 1. The Bertz CT molecular complexity index is 1300. The lowest BCUT2D eigenvalue weighted by Crippen LogP contribution is -2.10. The third kappa shape index (κ3) is 4.83. The number of benzene rings is 3. The van der Waals surface area contributed by atoms with Crippen LogP contribution in [0.2, 0.25) is 10.0 Å². The second kappa shape index (κ2) is 9.23. The van der Waals surface area contributed by atoms with Crippen LogP contribution in [0.15, 0.2) is 71.1 Å². The molecule has 10 heteroatoms. The number of carbonyl (C=O) groups excluding carboxylic acids is 1. The first-order valence-electron chi connectivity index (χ1n) is 8.84. The van der Waals surface area contributed by atoms with Crippen LogP contribution in [0.4, 0.5) is 5.69 Å². The van der Waals surface area contributed by atoms with Crippen LogP contribution in [-0.2, 0) is 4.74 Å². The van der Waals surface area contributed by atoms with Gasteiger partial charge < -0.3 is 4.74 Å². The number of esters is 1. The summed E-state index contributed by atoms with van der Waals surface area (Å²) in [6.07, 6.45) is 0. The van der Waals surface area contributed by atoms with Gasteiger partial charge in [0.1, 0.15) is 0 Å². The highest BCUT2D eigenvalue weighted by atomic mass is 35.5. The van der Waals surface area contributed by atoms with Crippen molar-refractivity contribution in [1.82, 2.24) is 4.98 Å². The SMILES string of the molecule is O=C(O[C@H](Sc1nc2ccc([N+](=O)[O-])cc2s1)c1ccccc1Cl)c1ccccc1Cl. The van der Waals surface area contributed by atoms with E-state index in [1.807, 2.05) is 0 Å². The monoisotopic (exact) mass is 490 g/mol. The van der Waals surface area contributed by atoms with E-state index in [1.54, 1.807) is 54.6 Å². The van der Waals surface area contributed by atoms with E-state index in [4.69, 9.17) is 27.9 Å². The summed E-state index contributed by atoms with van der Waals surface area (Å²) in [6, 6.07) is 18.1. The summed E-state index contributed by atoms with van der Waals surface area (Å²) >= 11 is 15.0. The molecule has 0 amide bonds. The van der Waals surface area contributed by atoms with Gasteiger partial charge in [-0.05, 0) is 36.0 Å². The van der Waals surface area contributed by atoms with Crippen LogP contribution in [-0.4, -0.2) is 15.9 Å². The topological polar surface area (TPSA) is 82.3 Å². The number of hydrogen-bond acceptors (Lipinski definition) is 7. The fraction of sp³-hybridized carbons (Fsp3) is 0.0476. The Kier molecular flexibility index (Phi) is 6.43. The third-order valence-electron chi connectivity index (χ3n) is 4.24. The Morgan fingerprint density at radius 3 is 2.48 bits per heavy atom. The number of aromatic nitrogens is 1. The van der Waals surface area contributed by atoms with E-state index in [2.05, 4.69) is 4.98 Å². The molecule has 3 aromatic carbocycles. The number of halogens is 2. The Morgan fingerprint density at radius 1 is 1.06 bits per heavy atom. The molecule has 1 heterocycles. The van der Waals surface area contributed by atoms with Gasteiger partial charge in [-0.3, -0.25) is 10.1 Å². The van der Waals surface area contributed by atoms with Crippen molar-refractivity contribution < 1.29 is 14.5 Å². The number of thiazole rings is 1. The van der Waals surface area contributed by atoms with Crippen LogP contribution in [0.3, 0.4) is 0 Å². The number of thioether (sulfide) groups is 1. The summed E-state index contributed by atoms with van der Waals surface area (Å²) < 4.78 is 7.00. The number of fused-ring (bicyclic) bond motifs is 1. The Hall–Kier alpha value is -2.65. The van der Waals surface area contributed by atoms with Crippen molar-refractivity contribution in [1.29, 1.82) is 0 Å². The van der Waals surface area contributed by atoms with Crippen molar-refractivity contribution in [3.05, 3.63) is 98.0 Å². The van der Waals surface area contributed by atoms with Crippen molar-refractivity contribution in [3.8, 4) is 0 Å². The molecule has 0 radical (unpaired) electrons. The second-order valence-electron chi connectivity index (χ2n) is 6.25. The molecule has 31 heavy (non-hydrogen) atoms. The summed E-state index contributed by atoms with van der Waals surface area (Å²) in [6.45, 7) is 0. The molecule has 1 atom stereocenters. The molecule has 0 aliphatic heterocycles. The van der Waals surface area contributed by atoms with E-state index in [-0.39, 0.29) is 16.3 Å². The van der Waals surface area contributed by atoms with Crippen LogP contribution in [0, 0.1) is 10.1 Å². The summed E-state index contributed by atoms with van der Waals surface area (Å²) in [7, 11) is 0. The van der Waals surface area contributed by atoms with E-state index in [9.17, 15) is 14.9 Å². The zero-order valence-electron chi connectivity index (χ0n) is 15.5. The van der Waals surface area contributed by atoms with Crippen molar-refractivity contribution in [3.63, 3.8) is 0 Å². The van der Waals surface area contributed by atoms with Gasteiger partial charge in [0.25, 0.3) is 5.69 Å². The molecule has 0 bridgehead atoms. The van der Waals surface area contributed by atoms with E-state index in [0.717, 1.165) is 0 Å². The van der Waals surface area contributed by atoms with Crippen molar-refractivity contribution in [2.24, 2.45) is 0 Å². The highest BCUT2D eigenvalue weighted by molar-refractivity contribution is 8.01. The highest BCUT2D eigenvalue weighted by Crippen LogP contribution is 2.43. The molecule has 0 saturated heterocycles. The molecule has 4 rings (SSSR count). The number of rotatable bonds is 6. The fourth-order valence-corrected chi connectivity index (χ4v) is 5.52. The Balaban J connectivity index is 1.67. The summed E-state index contributed by atoms with van der Waals surface area (Å²) in [5, 5.41) is 11.8. The summed E-state index contributed by atoms with van der Waals surface area (Å²) in [5.74, 6) is -0.597. The molecule has 0 fully saturated rings. The lowest BCUT2D eigenvalue weighted by molar-refractivity contribution is -0.384.